The van der Waals surface area contributed by atoms with Gasteiger partial charge in [-0.1, -0.05) is 164 Å². The van der Waals surface area contributed by atoms with Crippen LogP contribution in [0.25, 0.3) is 110 Å². The topological polar surface area (TPSA) is 38.7 Å². The number of fused-ring (bicyclic) bond motifs is 6. The molecule has 0 aliphatic rings. The summed E-state index contributed by atoms with van der Waals surface area (Å²) < 4.78 is 0. The van der Waals surface area contributed by atoms with E-state index < -0.39 is 0 Å². The minimum Gasteiger partial charge on any atom is -0.256 e. The molecule has 3 heteroatoms. The Hall–Kier alpha value is -7.75. The molecule has 3 nitrogen and oxygen atoms in total. The fourth-order valence-corrected chi connectivity index (χ4v) is 8.69. The third-order valence-corrected chi connectivity index (χ3v) is 11.4. The molecule has 11 aromatic rings. The number of pyridine rings is 3. The average Bonchev–Trinajstić information content (AvgIpc) is 3.31. The molecule has 0 aliphatic heterocycles. The average molecular weight is 738 g/mol. The Morgan fingerprint density at radius 3 is 1.79 bits per heavy atom. The van der Waals surface area contributed by atoms with Crippen LogP contribution in [0.5, 0.6) is 0 Å². The molecule has 0 bridgehead atoms. The Morgan fingerprint density at radius 2 is 0.966 bits per heavy atom. The van der Waals surface area contributed by atoms with Crippen LogP contribution in [0.1, 0.15) is 0 Å². The maximum atomic E-state index is 5.43. The van der Waals surface area contributed by atoms with Gasteiger partial charge in [-0.2, -0.15) is 0 Å². The smallest absolute Gasteiger partial charge is 0.0972 e. The second-order valence-electron chi connectivity index (χ2n) is 14.7. The van der Waals surface area contributed by atoms with Gasteiger partial charge >= 0.3 is 0 Å². The third-order valence-electron chi connectivity index (χ3n) is 11.4. The van der Waals surface area contributed by atoms with E-state index in [1.54, 1.807) is 0 Å². The molecule has 0 spiro atoms. The maximum Gasteiger partial charge on any atom is 0.0972 e. The van der Waals surface area contributed by atoms with Gasteiger partial charge in [-0.25, -0.2) is 4.98 Å². The molecule has 3 aromatic heterocycles. The lowest BCUT2D eigenvalue weighted by Gasteiger charge is -2.18. The summed E-state index contributed by atoms with van der Waals surface area (Å²) in [5.41, 5.74) is 15.2. The first-order chi connectivity index (χ1) is 28.8. The molecule has 8 aromatic carbocycles. The minimum absolute atomic E-state index is 0.902. The van der Waals surface area contributed by atoms with Crippen molar-refractivity contribution < 1.29 is 0 Å². The van der Waals surface area contributed by atoms with Gasteiger partial charge in [0.1, 0.15) is 0 Å². The van der Waals surface area contributed by atoms with Crippen LogP contribution in [0.4, 0.5) is 0 Å². The zero-order chi connectivity index (χ0) is 38.4. The second kappa shape index (κ2) is 14.1. The van der Waals surface area contributed by atoms with Crippen molar-refractivity contribution in [3.05, 3.63) is 213 Å². The number of rotatable bonds is 6. The largest absolute Gasteiger partial charge is 0.256 e. The monoisotopic (exact) mass is 737 g/mol. The van der Waals surface area contributed by atoms with Crippen LogP contribution in [-0.2, 0) is 0 Å². The quantitative estimate of drug-likeness (QED) is 0.160. The van der Waals surface area contributed by atoms with Crippen molar-refractivity contribution in [1.29, 1.82) is 0 Å². The Bertz CT molecular complexity index is 3320. The van der Waals surface area contributed by atoms with Crippen LogP contribution < -0.4 is 0 Å². The molecular formula is C55H35N3. The van der Waals surface area contributed by atoms with E-state index >= 15 is 0 Å². The van der Waals surface area contributed by atoms with Crippen LogP contribution >= 0.6 is 0 Å². The second-order valence-corrected chi connectivity index (χ2v) is 14.7. The molecule has 0 aliphatic carbocycles. The van der Waals surface area contributed by atoms with Gasteiger partial charge in [0.05, 0.1) is 22.4 Å². The lowest BCUT2D eigenvalue weighted by molar-refractivity contribution is 1.33. The Kier molecular flexibility index (Phi) is 8.15. The fourth-order valence-electron chi connectivity index (χ4n) is 8.69. The minimum atomic E-state index is 0.902. The van der Waals surface area contributed by atoms with E-state index in [0.717, 1.165) is 72.0 Å². The zero-order valence-corrected chi connectivity index (χ0v) is 31.5. The van der Waals surface area contributed by atoms with Gasteiger partial charge in [-0.05, 0) is 102 Å². The van der Waals surface area contributed by atoms with Gasteiger partial charge in [0.25, 0.3) is 0 Å². The summed E-state index contributed by atoms with van der Waals surface area (Å²) in [5, 5.41) is 6.91. The summed E-state index contributed by atoms with van der Waals surface area (Å²) >= 11 is 0. The standard InChI is InChI=1S/C55H35N3/c1-3-14-36(15-4-1)41-31-33-57-55-48(41)29-25-38-27-30-52(58-54(38)55)50-35-39-18-7-8-19-42(39)53-43(22-13-23-47(50)53)40-26-28-45(49(34-40)37-16-5-2-6-17-37)44-20-9-10-21-46(44)51-24-11-12-32-56-51/h1-35H. The summed E-state index contributed by atoms with van der Waals surface area (Å²) in [6, 6.07) is 71.4. The first-order valence-electron chi connectivity index (χ1n) is 19.7. The van der Waals surface area contributed by atoms with Crippen molar-refractivity contribution in [3.8, 4) is 67.0 Å². The lowest BCUT2D eigenvalue weighted by atomic mass is 9.86. The Labute approximate surface area is 336 Å². The van der Waals surface area contributed by atoms with Crippen molar-refractivity contribution in [1.82, 2.24) is 15.0 Å². The number of benzene rings is 8. The van der Waals surface area contributed by atoms with E-state index in [9.17, 15) is 0 Å². The molecule has 0 unspecified atom stereocenters. The molecule has 0 saturated carbocycles. The van der Waals surface area contributed by atoms with Gasteiger partial charge in [0, 0.05) is 34.3 Å². The third kappa shape index (κ3) is 5.72. The molecule has 0 fully saturated rings. The maximum absolute atomic E-state index is 5.43. The van der Waals surface area contributed by atoms with Crippen LogP contribution in [0, 0.1) is 0 Å². The van der Waals surface area contributed by atoms with E-state index in [2.05, 4.69) is 188 Å². The summed E-state index contributed by atoms with van der Waals surface area (Å²) in [7, 11) is 0. The first-order valence-corrected chi connectivity index (χ1v) is 19.7. The first kappa shape index (κ1) is 33.6. The van der Waals surface area contributed by atoms with E-state index in [0.29, 0.717) is 0 Å². The summed E-state index contributed by atoms with van der Waals surface area (Å²) in [6.07, 6.45) is 3.77. The van der Waals surface area contributed by atoms with Gasteiger partial charge in [0.2, 0.25) is 0 Å². The van der Waals surface area contributed by atoms with Crippen molar-refractivity contribution in [2.75, 3.05) is 0 Å². The number of aromatic nitrogens is 3. The highest BCUT2D eigenvalue weighted by Gasteiger charge is 2.19. The summed E-state index contributed by atoms with van der Waals surface area (Å²) in [4.78, 5) is 15.1. The SMILES string of the molecule is c1ccc(-c2cc(-c3cccc4c(-c5ccc6ccc7c(-c8ccccc8)ccnc7c6n5)cc5ccccc5c34)ccc2-c2ccccc2-c2ccccn2)cc1. The predicted octanol–water partition coefficient (Wildman–Crippen LogP) is 14.5. The van der Waals surface area contributed by atoms with E-state index in [1.165, 1.54) is 38.4 Å². The summed E-state index contributed by atoms with van der Waals surface area (Å²) in [6.45, 7) is 0. The van der Waals surface area contributed by atoms with Crippen LogP contribution in [-0.4, -0.2) is 15.0 Å². The molecule has 0 saturated heterocycles. The van der Waals surface area contributed by atoms with E-state index in [4.69, 9.17) is 15.0 Å². The molecule has 0 radical (unpaired) electrons. The Morgan fingerprint density at radius 1 is 0.276 bits per heavy atom. The van der Waals surface area contributed by atoms with Gasteiger partial charge in [0.15, 0.2) is 0 Å². The molecular weight excluding hydrogens is 703 g/mol. The normalized spacial score (nSPS) is 11.4. The molecule has 3 heterocycles. The highest BCUT2D eigenvalue weighted by molar-refractivity contribution is 6.19. The van der Waals surface area contributed by atoms with Gasteiger partial charge in [-0.3, -0.25) is 9.97 Å². The number of hydrogen-bond donors (Lipinski definition) is 0. The zero-order valence-electron chi connectivity index (χ0n) is 31.5. The van der Waals surface area contributed by atoms with Crippen molar-refractivity contribution in [2.45, 2.75) is 0 Å². The van der Waals surface area contributed by atoms with Crippen LogP contribution in [0.15, 0.2) is 213 Å². The lowest BCUT2D eigenvalue weighted by Crippen LogP contribution is -1.94. The van der Waals surface area contributed by atoms with Gasteiger partial charge in [-0.15, -0.1) is 0 Å². The van der Waals surface area contributed by atoms with Gasteiger partial charge < -0.3 is 0 Å². The number of hydrogen-bond acceptors (Lipinski definition) is 3. The highest BCUT2D eigenvalue weighted by Crippen LogP contribution is 2.44. The van der Waals surface area contributed by atoms with Crippen LogP contribution in [0.3, 0.4) is 0 Å². The highest BCUT2D eigenvalue weighted by atomic mass is 14.8. The van der Waals surface area contributed by atoms with Crippen molar-refractivity contribution in [3.63, 3.8) is 0 Å². The summed E-state index contributed by atoms with van der Waals surface area (Å²) in [5.74, 6) is 0. The Balaban J connectivity index is 1.13. The van der Waals surface area contributed by atoms with E-state index in [1.807, 2.05) is 24.5 Å². The van der Waals surface area contributed by atoms with Crippen LogP contribution in [0.2, 0.25) is 0 Å². The molecule has 270 valence electrons. The molecule has 0 atom stereocenters. The molecule has 58 heavy (non-hydrogen) atoms. The van der Waals surface area contributed by atoms with Crippen molar-refractivity contribution in [2.24, 2.45) is 0 Å². The molecule has 11 rings (SSSR count). The fraction of sp³-hybridized carbons (Fsp3) is 0. The predicted molar refractivity (Wildman–Crippen MR) is 242 cm³/mol. The molecule has 0 N–H and O–H groups in total. The van der Waals surface area contributed by atoms with Crippen molar-refractivity contribution >= 4 is 43.4 Å². The van der Waals surface area contributed by atoms with E-state index in [-0.39, 0.29) is 0 Å². The molecule has 0 amide bonds. The number of nitrogens with zero attached hydrogens (tertiary/aromatic N) is 3.